The second kappa shape index (κ2) is 8.53. The molecule has 20 heavy (non-hydrogen) atoms. The lowest BCUT2D eigenvalue weighted by atomic mass is 10.00. The van der Waals surface area contributed by atoms with Crippen LogP contribution in [0.25, 0.3) is 0 Å². The maximum absolute atomic E-state index is 5.93. The molecule has 1 saturated heterocycles. The largest absolute Gasteiger partial charge is 0.494 e. The van der Waals surface area contributed by atoms with Crippen LogP contribution < -0.4 is 4.74 Å². The normalized spacial score (nSPS) is 20.0. The molecule has 1 atom stereocenters. The molecule has 0 bridgehead atoms. The van der Waals surface area contributed by atoms with E-state index in [0.29, 0.717) is 0 Å². The fraction of sp³-hybridized carbons (Fsp3) is 0.647. The van der Waals surface area contributed by atoms with Gasteiger partial charge in [0.15, 0.2) is 0 Å². The SMILES string of the molecule is CC[C@H]1CCCCN1CCCCOc1cccc(Cl)c1. The third-order valence-corrected chi connectivity index (χ3v) is 4.36. The van der Waals surface area contributed by atoms with Crippen LogP contribution in [-0.4, -0.2) is 30.6 Å². The molecule has 0 aliphatic carbocycles. The van der Waals surface area contributed by atoms with Gasteiger partial charge in [-0.15, -0.1) is 0 Å². The van der Waals surface area contributed by atoms with Gasteiger partial charge in [-0.3, -0.25) is 0 Å². The van der Waals surface area contributed by atoms with Crippen LogP contribution in [0.1, 0.15) is 45.4 Å². The standard InChI is InChI=1S/C17H26ClNO/c1-2-16-9-3-4-11-19(16)12-5-6-13-20-17-10-7-8-15(18)14-17/h7-8,10,14,16H,2-6,9,11-13H2,1H3/t16-/m0/s1. The third kappa shape index (κ3) is 4.99. The summed E-state index contributed by atoms with van der Waals surface area (Å²) in [6.45, 7) is 5.60. The number of ether oxygens (including phenoxy) is 1. The first-order valence-electron chi connectivity index (χ1n) is 7.92. The van der Waals surface area contributed by atoms with Crippen LogP contribution in [0.15, 0.2) is 24.3 Å². The van der Waals surface area contributed by atoms with E-state index in [1.165, 1.54) is 45.2 Å². The van der Waals surface area contributed by atoms with E-state index in [4.69, 9.17) is 16.3 Å². The number of piperidine rings is 1. The Kier molecular flexibility index (Phi) is 6.68. The Hall–Kier alpha value is -0.730. The summed E-state index contributed by atoms with van der Waals surface area (Å²) in [5.74, 6) is 0.877. The molecule has 1 aliphatic heterocycles. The molecular weight excluding hydrogens is 270 g/mol. The highest BCUT2D eigenvalue weighted by Gasteiger charge is 2.19. The van der Waals surface area contributed by atoms with Crippen molar-refractivity contribution in [3.05, 3.63) is 29.3 Å². The number of likely N-dealkylation sites (tertiary alicyclic amines) is 1. The van der Waals surface area contributed by atoms with Gasteiger partial charge in [0.25, 0.3) is 0 Å². The Morgan fingerprint density at radius 3 is 3.00 bits per heavy atom. The summed E-state index contributed by atoms with van der Waals surface area (Å²) >= 11 is 5.93. The fourth-order valence-electron chi connectivity index (χ4n) is 2.98. The molecule has 0 spiro atoms. The van der Waals surface area contributed by atoms with E-state index >= 15 is 0 Å². The van der Waals surface area contributed by atoms with Gasteiger partial charge in [0.1, 0.15) is 5.75 Å². The predicted octanol–water partition coefficient (Wildman–Crippen LogP) is 4.76. The van der Waals surface area contributed by atoms with E-state index in [1.54, 1.807) is 0 Å². The molecule has 2 rings (SSSR count). The number of nitrogens with zero attached hydrogens (tertiary/aromatic N) is 1. The first-order chi connectivity index (χ1) is 9.79. The van der Waals surface area contributed by atoms with Crippen molar-refractivity contribution in [2.75, 3.05) is 19.7 Å². The highest BCUT2D eigenvalue weighted by atomic mass is 35.5. The lowest BCUT2D eigenvalue weighted by Crippen LogP contribution is -2.39. The highest BCUT2D eigenvalue weighted by Crippen LogP contribution is 2.20. The van der Waals surface area contributed by atoms with Crippen LogP contribution in [0, 0.1) is 0 Å². The molecule has 0 unspecified atom stereocenters. The van der Waals surface area contributed by atoms with Crippen molar-refractivity contribution in [1.82, 2.24) is 4.90 Å². The van der Waals surface area contributed by atoms with Gasteiger partial charge in [0.05, 0.1) is 6.61 Å². The number of hydrogen-bond acceptors (Lipinski definition) is 2. The maximum atomic E-state index is 5.93. The molecule has 1 aromatic carbocycles. The minimum absolute atomic E-state index is 0.738. The van der Waals surface area contributed by atoms with E-state index in [9.17, 15) is 0 Å². The highest BCUT2D eigenvalue weighted by molar-refractivity contribution is 6.30. The summed E-state index contributed by atoms with van der Waals surface area (Å²) in [5, 5.41) is 0.738. The van der Waals surface area contributed by atoms with Crippen molar-refractivity contribution in [2.24, 2.45) is 0 Å². The summed E-state index contributed by atoms with van der Waals surface area (Å²) in [6.07, 6.45) is 7.79. The van der Waals surface area contributed by atoms with Crippen molar-refractivity contribution in [3.8, 4) is 5.75 Å². The zero-order valence-corrected chi connectivity index (χ0v) is 13.2. The summed E-state index contributed by atoms with van der Waals surface area (Å²) < 4.78 is 5.73. The van der Waals surface area contributed by atoms with Crippen molar-refractivity contribution in [3.63, 3.8) is 0 Å². The molecule has 0 radical (unpaired) electrons. The Balaban J connectivity index is 1.61. The van der Waals surface area contributed by atoms with E-state index in [2.05, 4.69) is 11.8 Å². The number of hydrogen-bond donors (Lipinski definition) is 0. The van der Waals surface area contributed by atoms with Crippen LogP contribution in [0.2, 0.25) is 5.02 Å². The molecule has 0 N–H and O–H groups in total. The third-order valence-electron chi connectivity index (χ3n) is 4.12. The second-order valence-electron chi connectivity index (χ2n) is 5.61. The van der Waals surface area contributed by atoms with Gasteiger partial charge in [-0.05, 0) is 63.4 Å². The van der Waals surface area contributed by atoms with Gasteiger partial charge in [0.2, 0.25) is 0 Å². The smallest absolute Gasteiger partial charge is 0.120 e. The first-order valence-corrected chi connectivity index (χ1v) is 8.30. The average molecular weight is 296 g/mol. The molecule has 1 fully saturated rings. The van der Waals surface area contributed by atoms with Gasteiger partial charge in [-0.25, -0.2) is 0 Å². The van der Waals surface area contributed by atoms with Gasteiger partial charge >= 0.3 is 0 Å². The monoisotopic (exact) mass is 295 g/mol. The first kappa shape index (κ1) is 15.7. The summed E-state index contributed by atoms with van der Waals surface area (Å²) in [6, 6.07) is 8.45. The van der Waals surface area contributed by atoms with E-state index in [-0.39, 0.29) is 0 Å². The van der Waals surface area contributed by atoms with Gasteiger partial charge in [-0.1, -0.05) is 31.0 Å². The molecule has 112 valence electrons. The molecule has 2 nitrogen and oxygen atoms in total. The molecule has 1 aliphatic rings. The molecule has 1 heterocycles. The van der Waals surface area contributed by atoms with Crippen LogP contribution in [0.4, 0.5) is 0 Å². The van der Waals surface area contributed by atoms with Gasteiger partial charge in [-0.2, -0.15) is 0 Å². The molecule has 0 aromatic heterocycles. The Morgan fingerprint density at radius 1 is 1.30 bits per heavy atom. The molecule has 0 amide bonds. The molecule has 0 saturated carbocycles. The minimum Gasteiger partial charge on any atom is -0.494 e. The van der Waals surface area contributed by atoms with Crippen LogP contribution in [0.3, 0.4) is 0 Å². The number of unbranched alkanes of at least 4 members (excludes halogenated alkanes) is 1. The zero-order chi connectivity index (χ0) is 14.2. The number of benzene rings is 1. The van der Waals surface area contributed by atoms with Gasteiger partial charge < -0.3 is 9.64 Å². The van der Waals surface area contributed by atoms with Crippen molar-refractivity contribution in [2.45, 2.75) is 51.5 Å². The maximum Gasteiger partial charge on any atom is 0.120 e. The average Bonchev–Trinajstić information content (AvgIpc) is 2.47. The van der Waals surface area contributed by atoms with E-state index in [1.807, 2.05) is 24.3 Å². The zero-order valence-electron chi connectivity index (χ0n) is 12.5. The fourth-order valence-corrected chi connectivity index (χ4v) is 3.16. The Morgan fingerprint density at radius 2 is 2.20 bits per heavy atom. The van der Waals surface area contributed by atoms with Crippen LogP contribution in [0.5, 0.6) is 5.75 Å². The molecular formula is C17H26ClNO. The second-order valence-corrected chi connectivity index (χ2v) is 6.04. The van der Waals surface area contributed by atoms with Crippen LogP contribution >= 0.6 is 11.6 Å². The van der Waals surface area contributed by atoms with Crippen molar-refractivity contribution < 1.29 is 4.74 Å². The topological polar surface area (TPSA) is 12.5 Å². The number of rotatable bonds is 7. The minimum atomic E-state index is 0.738. The van der Waals surface area contributed by atoms with Crippen molar-refractivity contribution >= 4 is 11.6 Å². The summed E-state index contributed by atoms with van der Waals surface area (Å²) in [4.78, 5) is 2.67. The summed E-state index contributed by atoms with van der Waals surface area (Å²) in [7, 11) is 0. The van der Waals surface area contributed by atoms with E-state index < -0.39 is 0 Å². The molecule has 3 heteroatoms. The quantitative estimate of drug-likeness (QED) is 0.672. The van der Waals surface area contributed by atoms with E-state index in [0.717, 1.165) is 29.8 Å². The lowest BCUT2D eigenvalue weighted by Gasteiger charge is -2.35. The number of halogens is 1. The molecule has 1 aromatic rings. The predicted molar refractivity (Wildman–Crippen MR) is 85.7 cm³/mol. The Bertz CT molecular complexity index is 396. The van der Waals surface area contributed by atoms with Crippen molar-refractivity contribution in [1.29, 1.82) is 0 Å². The van der Waals surface area contributed by atoms with Crippen LogP contribution in [-0.2, 0) is 0 Å². The summed E-state index contributed by atoms with van der Waals surface area (Å²) in [5.41, 5.74) is 0. The van der Waals surface area contributed by atoms with Gasteiger partial charge in [0, 0.05) is 11.1 Å². The lowest BCUT2D eigenvalue weighted by molar-refractivity contribution is 0.139. The Labute approximate surface area is 128 Å².